The molecule has 166 valence electrons. The molecule has 1 atom stereocenters. The van der Waals surface area contributed by atoms with Crippen LogP contribution in [0.2, 0.25) is 0 Å². The number of carbonyl (C=O) groups is 1. The monoisotopic (exact) mass is 432 g/mol. The molecule has 1 fully saturated rings. The van der Waals surface area contributed by atoms with E-state index in [1.807, 2.05) is 55.1 Å². The minimum Gasteiger partial charge on any atom is -0.450 e. The quantitative estimate of drug-likeness (QED) is 0.616. The summed E-state index contributed by atoms with van der Waals surface area (Å²) in [5, 5.41) is 0.531. The van der Waals surface area contributed by atoms with Crippen molar-refractivity contribution in [3.63, 3.8) is 0 Å². The molecule has 1 aromatic heterocycles. The lowest BCUT2D eigenvalue weighted by Gasteiger charge is -2.29. The van der Waals surface area contributed by atoms with Gasteiger partial charge in [0.2, 0.25) is 5.76 Å². The molecule has 5 rings (SSSR count). The van der Waals surface area contributed by atoms with Crippen molar-refractivity contribution >= 4 is 16.9 Å². The Bertz CT molecular complexity index is 1210. The van der Waals surface area contributed by atoms with E-state index in [4.69, 9.17) is 9.15 Å². The number of benzene rings is 2. The van der Waals surface area contributed by atoms with E-state index < -0.39 is 6.04 Å². The predicted molar refractivity (Wildman–Crippen MR) is 123 cm³/mol. The van der Waals surface area contributed by atoms with Gasteiger partial charge >= 0.3 is 0 Å². The Morgan fingerprint density at radius 1 is 0.938 bits per heavy atom. The highest BCUT2D eigenvalue weighted by Gasteiger charge is 2.42. The Kier molecular flexibility index (Phi) is 5.57. The van der Waals surface area contributed by atoms with E-state index in [-0.39, 0.29) is 17.1 Å². The zero-order valence-electron chi connectivity index (χ0n) is 18.6. The number of carbonyl (C=O) groups excluding carboxylic acids is 1. The van der Waals surface area contributed by atoms with E-state index in [0.29, 0.717) is 23.1 Å². The SMILES string of the molecule is Cc1ccc([C@@H]2c3c(oc4ccc(C)cc4c3=O)C(=O)N2CCCN2CCOCC2)cc1. The minimum absolute atomic E-state index is 0.112. The Morgan fingerprint density at radius 2 is 1.66 bits per heavy atom. The molecule has 32 heavy (non-hydrogen) atoms. The lowest BCUT2D eigenvalue weighted by molar-refractivity contribution is 0.0353. The summed E-state index contributed by atoms with van der Waals surface area (Å²) in [5.74, 6) is -0.0181. The van der Waals surface area contributed by atoms with E-state index in [1.54, 1.807) is 6.07 Å². The van der Waals surface area contributed by atoms with Gasteiger partial charge in [-0.3, -0.25) is 14.5 Å². The van der Waals surface area contributed by atoms with Crippen molar-refractivity contribution in [3.05, 3.63) is 80.7 Å². The highest BCUT2D eigenvalue weighted by molar-refractivity contribution is 5.99. The summed E-state index contributed by atoms with van der Waals surface area (Å²) < 4.78 is 11.5. The maximum atomic E-state index is 13.6. The molecule has 2 aromatic carbocycles. The molecule has 0 saturated carbocycles. The summed E-state index contributed by atoms with van der Waals surface area (Å²) in [4.78, 5) is 31.2. The van der Waals surface area contributed by atoms with Crippen molar-refractivity contribution < 1.29 is 13.9 Å². The first kappa shape index (κ1) is 20.9. The molecule has 0 unspecified atom stereocenters. The standard InChI is InChI=1S/C26H28N2O4/c1-17-4-7-19(8-5-17)23-22-24(29)20-16-18(2)6-9-21(20)32-25(22)26(30)28(23)11-3-10-27-12-14-31-15-13-27/h4-9,16,23H,3,10-15H2,1-2H3/t23-/m1/s1. The number of ether oxygens (including phenoxy) is 1. The molecular formula is C26H28N2O4. The molecule has 0 aliphatic carbocycles. The van der Waals surface area contributed by atoms with Gasteiger partial charge in [-0.15, -0.1) is 0 Å². The first-order valence-electron chi connectivity index (χ1n) is 11.3. The van der Waals surface area contributed by atoms with E-state index in [1.165, 1.54) is 0 Å². The van der Waals surface area contributed by atoms with Gasteiger partial charge in [0.05, 0.1) is 30.2 Å². The molecule has 0 N–H and O–H groups in total. The number of rotatable bonds is 5. The number of hydrogen-bond acceptors (Lipinski definition) is 5. The third-order valence-electron chi connectivity index (χ3n) is 6.49. The van der Waals surface area contributed by atoms with Gasteiger partial charge in [-0.1, -0.05) is 41.5 Å². The number of aryl methyl sites for hydroxylation is 2. The Morgan fingerprint density at radius 3 is 2.41 bits per heavy atom. The van der Waals surface area contributed by atoms with Crippen LogP contribution in [0.4, 0.5) is 0 Å². The average Bonchev–Trinajstić information content (AvgIpc) is 3.08. The number of amides is 1. The Hall–Kier alpha value is -2.96. The lowest BCUT2D eigenvalue weighted by atomic mass is 9.97. The zero-order valence-corrected chi connectivity index (χ0v) is 18.6. The van der Waals surface area contributed by atoms with Gasteiger partial charge in [-0.2, -0.15) is 0 Å². The number of morpholine rings is 1. The maximum Gasteiger partial charge on any atom is 0.290 e. The van der Waals surface area contributed by atoms with Crippen LogP contribution in [0.1, 0.15) is 45.3 Å². The second kappa shape index (κ2) is 8.52. The van der Waals surface area contributed by atoms with Gasteiger partial charge in [0.15, 0.2) is 5.43 Å². The predicted octanol–water partition coefficient (Wildman–Crippen LogP) is 3.68. The van der Waals surface area contributed by atoms with Gasteiger partial charge in [-0.25, -0.2) is 0 Å². The first-order chi connectivity index (χ1) is 15.5. The van der Waals surface area contributed by atoms with Crippen molar-refractivity contribution in [1.82, 2.24) is 9.80 Å². The molecule has 3 heterocycles. The smallest absolute Gasteiger partial charge is 0.290 e. The maximum absolute atomic E-state index is 13.6. The second-order valence-corrected chi connectivity index (χ2v) is 8.79. The van der Waals surface area contributed by atoms with Gasteiger partial charge in [0.1, 0.15) is 5.58 Å². The zero-order chi connectivity index (χ0) is 22.2. The minimum atomic E-state index is -0.427. The molecular weight excluding hydrogens is 404 g/mol. The Balaban J connectivity index is 1.53. The highest BCUT2D eigenvalue weighted by Crippen LogP contribution is 2.38. The van der Waals surface area contributed by atoms with Crippen molar-refractivity contribution in [2.45, 2.75) is 26.3 Å². The molecule has 0 spiro atoms. The summed E-state index contributed by atoms with van der Waals surface area (Å²) in [6, 6.07) is 13.2. The van der Waals surface area contributed by atoms with Crippen LogP contribution in [-0.2, 0) is 4.74 Å². The molecule has 0 bridgehead atoms. The van der Waals surface area contributed by atoms with Gasteiger partial charge in [-0.05, 0) is 38.0 Å². The fraction of sp³-hybridized carbons (Fsp3) is 0.385. The fourth-order valence-corrected chi connectivity index (χ4v) is 4.75. The van der Waals surface area contributed by atoms with E-state index >= 15 is 0 Å². The molecule has 1 saturated heterocycles. The summed E-state index contributed by atoms with van der Waals surface area (Å²) in [6.45, 7) is 8.78. The van der Waals surface area contributed by atoms with Crippen molar-refractivity contribution in [1.29, 1.82) is 0 Å². The molecule has 0 radical (unpaired) electrons. The van der Waals surface area contributed by atoms with E-state index in [9.17, 15) is 9.59 Å². The second-order valence-electron chi connectivity index (χ2n) is 8.79. The van der Waals surface area contributed by atoms with Gasteiger partial charge < -0.3 is 14.1 Å². The van der Waals surface area contributed by atoms with Crippen molar-refractivity contribution in [2.75, 3.05) is 39.4 Å². The topological polar surface area (TPSA) is 63.0 Å². The van der Waals surface area contributed by atoms with Crippen LogP contribution in [-0.4, -0.2) is 55.1 Å². The molecule has 2 aliphatic rings. The summed E-state index contributed by atoms with van der Waals surface area (Å²) in [6.07, 6.45) is 0.828. The van der Waals surface area contributed by atoms with Gasteiger partial charge in [0.25, 0.3) is 5.91 Å². The summed E-state index contributed by atoms with van der Waals surface area (Å²) in [7, 11) is 0. The van der Waals surface area contributed by atoms with Crippen LogP contribution in [0.5, 0.6) is 0 Å². The molecule has 6 nitrogen and oxygen atoms in total. The van der Waals surface area contributed by atoms with Gasteiger partial charge in [0, 0.05) is 26.2 Å². The van der Waals surface area contributed by atoms with E-state index in [2.05, 4.69) is 4.90 Å². The third-order valence-corrected chi connectivity index (χ3v) is 6.49. The fourth-order valence-electron chi connectivity index (χ4n) is 4.75. The molecule has 1 amide bonds. The lowest BCUT2D eigenvalue weighted by Crippen LogP contribution is -2.38. The normalized spacial score (nSPS) is 19.0. The third kappa shape index (κ3) is 3.74. The van der Waals surface area contributed by atoms with Crippen LogP contribution >= 0.6 is 0 Å². The van der Waals surface area contributed by atoms with Crippen LogP contribution in [0.3, 0.4) is 0 Å². The Labute approximate surface area is 187 Å². The van der Waals surface area contributed by atoms with Crippen molar-refractivity contribution in [2.24, 2.45) is 0 Å². The molecule has 2 aliphatic heterocycles. The number of nitrogens with zero attached hydrogens (tertiary/aromatic N) is 2. The van der Waals surface area contributed by atoms with E-state index in [0.717, 1.165) is 56.0 Å². The highest BCUT2D eigenvalue weighted by atomic mass is 16.5. The van der Waals surface area contributed by atoms with Crippen LogP contribution in [0.25, 0.3) is 11.0 Å². The van der Waals surface area contributed by atoms with Crippen molar-refractivity contribution in [3.8, 4) is 0 Å². The summed E-state index contributed by atoms with van der Waals surface area (Å²) >= 11 is 0. The largest absolute Gasteiger partial charge is 0.450 e. The summed E-state index contributed by atoms with van der Waals surface area (Å²) in [5.41, 5.74) is 3.88. The van der Waals surface area contributed by atoms with Crippen LogP contribution in [0, 0.1) is 13.8 Å². The van der Waals surface area contributed by atoms with Crippen LogP contribution in [0.15, 0.2) is 51.7 Å². The van der Waals surface area contributed by atoms with Crippen LogP contribution < -0.4 is 5.43 Å². The number of fused-ring (bicyclic) bond motifs is 2. The molecule has 3 aromatic rings. The first-order valence-corrected chi connectivity index (χ1v) is 11.3. The number of hydrogen-bond donors (Lipinski definition) is 0. The average molecular weight is 433 g/mol. The molecule has 6 heteroatoms.